The molecule has 0 aliphatic rings. The molecule has 0 saturated carbocycles. The second kappa shape index (κ2) is 5.31. The minimum absolute atomic E-state index is 0.234. The van der Waals surface area contributed by atoms with Crippen molar-refractivity contribution in [3.8, 4) is 0 Å². The van der Waals surface area contributed by atoms with Gasteiger partial charge in [0.2, 0.25) is 0 Å². The van der Waals surface area contributed by atoms with E-state index in [1.807, 2.05) is 24.3 Å². The first-order valence-electron chi connectivity index (χ1n) is 6.13. The molecule has 100 valence electrons. The van der Waals surface area contributed by atoms with E-state index < -0.39 is 11.9 Å². The van der Waals surface area contributed by atoms with Gasteiger partial charge in [-0.1, -0.05) is 36.4 Å². The predicted molar refractivity (Wildman–Crippen MR) is 79.9 cm³/mol. The van der Waals surface area contributed by atoms with E-state index in [1.54, 1.807) is 30.6 Å². The first-order chi connectivity index (χ1) is 9.68. The average Bonchev–Trinajstić information content (AvgIpc) is 2.49. The van der Waals surface area contributed by atoms with Crippen LogP contribution in [-0.4, -0.2) is 10.1 Å². The molecule has 1 heterocycles. The number of halogens is 2. The topological polar surface area (TPSA) is 33.1 Å². The van der Waals surface area contributed by atoms with E-state index in [-0.39, 0.29) is 5.56 Å². The summed E-state index contributed by atoms with van der Waals surface area (Å²) in [5.74, 6) is -0.451. The Morgan fingerprint density at radius 1 is 1.00 bits per heavy atom. The van der Waals surface area contributed by atoms with E-state index >= 15 is 0 Å². The molecule has 0 amide bonds. The largest absolute Gasteiger partial charge is 0.383 e. The maximum Gasteiger partial charge on any atom is 0.143 e. The molecular weight excluding hydrogens is 321 g/mol. The molecule has 1 atom stereocenters. The quantitative estimate of drug-likeness (QED) is 0.762. The van der Waals surface area contributed by atoms with Crippen molar-refractivity contribution >= 4 is 26.7 Å². The number of aromatic nitrogens is 1. The molecule has 20 heavy (non-hydrogen) atoms. The minimum atomic E-state index is -1.05. The molecule has 0 radical (unpaired) electrons. The third kappa shape index (κ3) is 2.21. The first kappa shape index (κ1) is 13.2. The molecule has 0 bridgehead atoms. The second-order valence-electron chi connectivity index (χ2n) is 4.50. The summed E-state index contributed by atoms with van der Waals surface area (Å²) in [6.45, 7) is 0. The number of rotatable bonds is 2. The number of benzene rings is 2. The van der Waals surface area contributed by atoms with Gasteiger partial charge in [-0.15, -0.1) is 0 Å². The SMILES string of the molecule is OC(c1cccc(Br)c1F)c1cncc2ccccc12. The van der Waals surface area contributed by atoms with Crippen molar-refractivity contribution < 1.29 is 9.50 Å². The lowest BCUT2D eigenvalue weighted by Crippen LogP contribution is -2.04. The van der Waals surface area contributed by atoms with Gasteiger partial charge in [0, 0.05) is 28.9 Å². The third-order valence-corrected chi connectivity index (χ3v) is 3.88. The van der Waals surface area contributed by atoms with Crippen molar-refractivity contribution in [2.45, 2.75) is 6.10 Å². The minimum Gasteiger partial charge on any atom is -0.383 e. The summed E-state index contributed by atoms with van der Waals surface area (Å²) in [6, 6.07) is 12.5. The number of aliphatic hydroxyl groups is 1. The predicted octanol–water partition coefficient (Wildman–Crippen LogP) is 4.22. The first-order valence-corrected chi connectivity index (χ1v) is 6.92. The van der Waals surface area contributed by atoms with Gasteiger partial charge in [-0.3, -0.25) is 4.98 Å². The zero-order chi connectivity index (χ0) is 14.1. The molecule has 0 spiro atoms. The molecule has 0 aliphatic carbocycles. The van der Waals surface area contributed by atoms with E-state index in [2.05, 4.69) is 20.9 Å². The Bertz CT molecular complexity index is 770. The van der Waals surface area contributed by atoms with Crippen molar-refractivity contribution in [1.29, 1.82) is 0 Å². The summed E-state index contributed by atoms with van der Waals surface area (Å²) in [5, 5.41) is 12.3. The van der Waals surface area contributed by atoms with Crippen LogP contribution in [-0.2, 0) is 0 Å². The van der Waals surface area contributed by atoms with Gasteiger partial charge in [0.05, 0.1) is 4.47 Å². The second-order valence-corrected chi connectivity index (χ2v) is 5.35. The van der Waals surface area contributed by atoms with Crippen LogP contribution >= 0.6 is 15.9 Å². The Balaban J connectivity index is 2.18. The lowest BCUT2D eigenvalue weighted by atomic mass is 9.98. The van der Waals surface area contributed by atoms with Crippen LogP contribution in [0.25, 0.3) is 10.8 Å². The molecule has 4 heteroatoms. The molecule has 2 nitrogen and oxygen atoms in total. The molecule has 1 aromatic heterocycles. The number of fused-ring (bicyclic) bond motifs is 1. The summed E-state index contributed by atoms with van der Waals surface area (Å²) in [6.07, 6.45) is 2.25. The van der Waals surface area contributed by atoms with E-state index in [9.17, 15) is 9.50 Å². The molecule has 2 aromatic carbocycles. The Labute approximate surface area is 124 Å². The standard InChI is InChI=1S/C16H11BrFNO/c17-14-7-3-6-12(15(14)18)16(20)13-9-19-8-10-4-1-2-5-11(10)13/h1-9,16,20H. The van der Waals surface area contributed by atoms with Crippen molar-refractivity contribution in [2.24, 2.45) is 0 Å². The summed E-state index contributed by atoms with van der Waals surface area (Å²) in [5.41, 5.74) is 0.831. The van der Waals surface area contributed by atoms with E-state index in [1.165, 1.54) is 0 Å². The van der Waals surface area contributed by atoms with Crippen LogP contribution in [0.1, 0.15) is 17.2 Å². The van der Waals surface area contributed by atoms with Crippen molar-refractivity contribution in [1.82, 2.24) is 4.98 Å². The van der Waals surface area contributed by atoms with Crippen LogP contribution in [0.4, 0.5) is 4.39 Å². The fourth-order valence-corrected chi connectivity index (χ4v) is 2.64. The number of hydrogen-bond donors (Lipinski definition) is 1. The maximum atomic E-state index is 14.1. The van der Waals surface area contributed by atoms with Gasteiger partial charge < -0.3 is 5.11 Å². The molecule has 3 aromatic rings. The van der Waals surface area contributed by atoms with Gasteiger partial charge in [-0.25, -0.2) is 4.39 Å². The Kier molecular flexibility index (Phi) is 3.51. The van der Waals surface area contributed by atoms with Crippen LogP contribution < -0.4 is 0 Å². The molecule has 0 saturated heterocycles. The van der Waals surface area contributed by atoms with Crippen LogP contribution in [0.15, 0.2) is 59.3 Å². The fraction of sp³-hybridized carbons (Fsp3) is 0.0625. The number of nitrogens with zero attached hydrogens (tertiary/aromatic N) is 1. The lowest BCUT2D eigenvalue weighted by Gasteiger charge is -2.15. The number of hydrogen-bond acceptors (Lipinski definition) is 2. The monoisotopic (exact) mass is 331 g/mol. The smallest absolute Gasteiger partial charge is 0.143 e. The zero-order valence-corrected chi connectivity index (χ0v) is 12.0. The Hall–Kier alpha value is -1.78. The van der Waals surface area contributed by atoms with Crippen LogP contribution in [0.5, 0.6) is 0 Å². The van der Waals surface area contributed by atoms with Gasteiger partial charge in [-0.2, -0.15) is 0 Å². The number of pyridine rings is 1. The molecule has 0 aliphatic heterocycles. The van der Waals surface area contributed by atoms with E-state index in [0.29, 0.717) is 10.0 Å². The summed E-state index contributed by atoms with van der Waals surface area (Å²) in [4.78, 5) is 4.12. The fourth-order valence-electron chi connectivity index (χ4n) is 2.26. The van der Waals surface area contributed by atoms with Crippen molar-refractivity contribution in [3.05, 3.63) is 76.3 Å². The summed E-state index contributed by atoms with van der Waals surface area (Å²) in [7, 11) is 0. The summed E-state index contributed by atoms with van der Waals surface area (Å²) >= 11 is 3.13. The van der Waals surface area contributed by atoms with Crippen LogP contribution in [0, 0.1) is 5.82 Å². The maximum absolute atomic E-state index is 14.1. The molecular formula is C16H11BrFNO. The molecule has 1 N–H and O–H groups in total. The van der Waals surface area contributed by atoms with Crippen LogP contribution in [0.3, 0.4) is 0 Å². The van der Waals surface area contributed by atoms with Crippen molar-refractivity contribution in [2.75, 3.05) is 0 Å². The van der Waals surface area contributed by atoms with Crippen LogP contribution in [0.2, 0.25) is 0 Å². The Morgan fingerprint density at radius 2 is 1.80 bits per heavy atom. The zero-order valence-electron chi connectivity index (χ0n) is 10.4. The molecule has 0 fully saturated rings. The van der Waals surface area contributed by atoms with Gasteiger partial charge in [-0.05, 0) is 27.4 Å². The van der Waals surface area contributed by atoms with E-state index in [0.717, 1.165) is 10.8 Å². The molecule has 3 rings (SSSR count). The van der Waals surface area contributed by atoms with Gasteiger partial charge in [0.25, 0.3) is 0 Å². The highest BCUT2D eigenvalue weighted by Gasteiger charge is 2.18. The lowest BCUT2D eigenvalue weighted by molar-refractivity contribution is 0.216. The van der Waals surface area contributed by atoms with Crippen molar-refractivity contribution in [3.63, 3.8) is 0 Å². The highest BCUT2D eigenvalue weighted by molar-refractivity contribution is 9.10. The highest BCUT2D eigenvalue weighted by Crippen LogP contribution is 2.31. The number of aliphatic hydroxyl groups excluding tert-OH is 1. The van der Waals surface area contributed by atoms with E-state index in [4.69, 9.17) is 0 Å². The average molecular weight is 332 g/mol. The van der Waals surface area contributed by atoms with Gasteiger partial charge in [0.15, 0.2) is 0 Å². The normalized spacial score (nSPS) is 12.6. The highest BCUT2D eigenvalue weighted by atomic mass is 79.9. The molecule has 1 unspecified atom stereocenters. The van der Waals surface area contributed by atoms with Gasteiger partial charge in [0.1, 0.15) is 11.9 Å². The third-order valence-electron chi connectivity index (χ3n) is 3.27. The Morgan fingerprint density at radius 3 is 2.65 bits per heavy atom. The van der Waals surface area contributed by atoms with Gasteiger partial charge >= 0.3 is 0 Å². The summed E-state index contributed by atoms with van der Waals surface area (Å²) < 4.78 is 14.4.